The van der Waals surface area contributed by atoms with E-state index in [2.05, 4.69) is 169 Å². The van der Waals surface area contributed by atoms with Crippen molar-refractivity contribution in [2.24, 2.45) is 0 Å². The molecule has 0 fully saturated rings. The molecule has 1 atom stereocenters. The molecule has 0 bridgehead atoms. The van der Waals surface area contributed by atoms with E-state index in [1.54, 1.807) is 0 Å². The molecule has 43 heavy (non-hydrogen) atoms. The minimum atomic E-state index is -0.291. The molecule has 1 spiro atoms. The van der Waals surface area contributed by atoms with Gasteiger partial charge in [-0.15, -0.1) is 0 Å². The van der Waals surface area contributed by atoms with Crippen LogP contribution >= 0.6 is 22.6 Å². The minimum Gasteiger partial charge on any atom is -0.380 e. The largest absolute Gasteiger partial charge is 0.380 e. The summed E-state index contributed by atoms with van der Waals surface area (Å²) in [4.78, 5) is 0. The molecular weight excluding hydrogens is 633 g/mol. The van der Waals surface area contributed by atoms with Gasteiger partial charge in [0.05, 0.1) is 5.41 Å². The van der Waals surface area contributed by atoms with E-state index in [0.29, 0.717) is 0 Å². The summed E-state index contributed by atoms with van der Waals surface area (Å²) in [5.74, 6) is 0. The van der Waals surface area contributed by atoms with Gasteiger partial charge in [0, 0.05) is 32.3 Å². The molecule has 1 N–H and O–H groups in total. The standard InChI is InChI=1S/C41H30IN/c1-40(2)30-14-6-4-12-27(30)39-34(40)17-10-20-37(39)43-24-25-21-22-33-29(23-25)26-11-3-7-15-31(26)41(33)32-16-8-5-13-28(32)38-35(41)18-9-19-36(38)42/h3-23,43H,24H2,1-2H3. The Balaban J connectivity index is 1.17. The van der Waals surface area contributed by atoms with Crippen LogP contribution in [0.1, 0.15) is 52.8 Å². The van der Waals surface area contributed by atoms with Crippen LogP contribution < -0.4 is 5.32 Å². The summed E-state index contributed by atoms with van der Waals surface area (Å²) in [5.41, 5.74) is 18.7. The highest BCUT2D eigenvalue weighted by Crippen LogP contribution is 2.63. The zero-order chi connectivity index (χ0) is 28.9. The summed E-state index contributed by atoms with van der Waals surface area (Å²) in [6, 6.07) is 47.7. The molecule has 6 aromatic rings. The first-order valence-electron chi connectivity index (χ1n) is 15.1. The lowest BCUT2D eigenvalue weighted by Crippen LogP contribution is -2.25. The molecule has 0 saturated carbocycles. The Kier molecular flexibility index (Phi) is 5.27. The smallest absolute Gasteiger partial charge is 0.0725 e. The van der Waals surface area contributed by atoms with Crippen molar-refractivity contribution in [3.05, 3.63) is 170 Å². The molecule has 9 rings (SSSR count). The van der Waals surface area contributed by atoms with E-state index in [4.69, 9.17) is 0 Å². The second-order valence-electron chi connectivity index (χ2n) is 12.6. The highest BCUT2D eigenvalue weighted by atomic mass is 127. The van der Waals surface area contributed by atoms with Gasteiger partial charge in [-0.3, -0.25) is 0 Å². The Bertz CT molecular complexity index is 2140. The van der Waals surface area contributed by atoms with Gasteiger partial charge in [-0.25, -0.2) is 0 Å². The van der Waals surface area contributed by atoms with E-state index in [1.807, 2.05) is 0 Å². The van der Waals surface area contributed by atoms with Crippen LogP contribution in [0.4, 0.5) is 5.69 Å². The third-order valence-corrected chi connectivity index (χ3v) is 11.1. The average Bonchev–Trinajstić information content (AvgIpc) is 3.60. The van der Waals surface area contributed by atoms with E-state index in [1.165, 1.54) is 81.6 Å². The Hall–Kier alpha value is -4.15. The van der Waals surface area contributed by atoms with E-state index in [-0.39, 0.29) is 10.8 Å². The maximum Gasteiger partial charge on any atom is 0.0725 e. The van der Waals surface area contributed by atoms with E-state index >= 15 is 0 Å². The fraction of sp³-hybridized carbons (Fsp3) is 0.122. The normalized spacial score (nSPS) is 17.6. The van der Waals surface area contributed by atoms with Crippen LogP contribution in [0.2, 0.25) is 0 Å². The Morgan fingerprint density at radius 3 is 1.88 bits per heavy atom. The number of hydrogen-bond donors (Lipinski definition) is 1. The zero-order valence-electron chi connectivity index (χ0n) is 24.2. The van der Waals surface area contributed by atoms with Gasteiger partial charge in [0.15, 0.2) is 0 Å². The molecule has 3 aliphatic rings. The van der Waals surface area contributed by atoms with Crippen molar-refractivity contribution in [2.45, 2.75) is 31.2 Å². The van der Waals surface area contributed by atoms with E-state index in [0.717, 1.165) is 6.54 Å². The second kappa shape index (κ2) is 8.93. The summed E-state index contributed by atoms with van der Waals surface area (Å²) in [7, 11) is 0. The van der Waals surface area contributed by atoms with Gasteiger partial charge in [0.1, 0.15) is 0 Å². The molecule has 0 amide bonds. The number of rotatable bonds is 3. The SMILES string of the molecule is CC1(C)c2ccccc2-c2c(NCc3ccc4c(c3)-c3ccccc3C43c4ccccc4-c4c(I)cccc43)cccc21. The van der Waals surface area contributed by atoms with Crippen LogP contribution in [0.3, 0.4) is 0 Å². The van der Waals surface area contributed by atoms with Crippen LogP contribution in [-0.4, -0.2) is 0 Å². The van der Waals surface area contributed by atoms with Crippen LogP contribution in [0, 0.1) is 3.57 Å². The van der Waals surface area contributed by atoms with Crippen LogP contribution in [0.15, 0.2) is 127 Å². The van der Waals surface area contributed by atoms with Crippen LogP contribution in [0.25, 0.3) is 33.4 Å². The first-order chi connectivity index (χ1) is 21.0. The topological polar surface area (TPSA) is 12.0 Å². The molecule has 0 heterocycles. The molecule has 0 aliphatic heterocycles. The van der Waals surface area contributed by atoms with E-state index in [9.17, 15) is 0 Å². The monoisotopic (exact) mass is 663 g/mol. The quantitative estimate of drug-likeness (QED) is 0.186. The molecule has 0 saturated heterocycles. The molecule has 206 valence electrons. The Labute approximate surface area is 266 Å². The maximum atomic E-state index is 3.85. The van der Waals surface area contributed by atoms with Crippen molar-refractivity contribution >= 4 is 28.3 Å². The molecule has 3 aliphatic carbocycles. The van der Waals surface area contributed by atoms with Crippen molar-refractivity contribution in [3.63, 3.8) is 0 Å². The van der Waals surface area contributed by atoms with Crippen molar-refractivity contribution in [1.29, 1.82) is 0 Å². The average molecular weight is 664 g/mol. The van der Waals surface area contributed by atoms with Gasteiger partial charge in [0.25, 0.3) is 0 Å². The number of anilines is 1. The highest BCUT2D eigenvalue weighted by Gasteiger charge is 2.52. The van der Waals surface area contributed by atoms with Gasteiger partial charge >= 0.3 is 0 Å². The molecular formula is C41H30IN. The summed E-state index contributed by atoms with van der Waals surface area (Å²) in [6.45, 7) is 5.46. The van der Waals surface area contributed by atoms with Gasteiger partial charge in [-0.05, 0) is 102 Å². The molecule has 2 heteroatoms. The predicted octanol–water partition coefficient (Wildman–Crippen LogP) is 10.6. The van der Waals surface area contributed by atoms with Crippen LogP contribution in [-0.2, 0) is 17.4 Å². The second-order valence-corrected chi connectivity index (χ2v) is 13.8. The Morgan fingerprint density at radius 2 is 1.09 bits per heavy atom. The van der Waals surface area contributed by atoms with Gasteiger partial charge in [-0.1, -0.05) is 123 Å². The predicted molar refractivity (Wildman–Crippen MR) is 187 cm³/mol. The fourth-order valence-electron chi connectivity index (χ4n) is 8.40. The molecule has 0 aromatic heterocycles. The van der Waals surface area contributed by atoms with Crippen molar-refractivity contribution < 1.29 is 0 Å². The lowest BCUT2D eigenvalue weighted by molar-refractivity contribution is 0.660. The molecule has 0 radical (unpaired) electrons. The van der Waals surface area contributed by atoms with Crippen molar-refractivity contribution in [3.8, 4) is 33.4 Å². The maximum absolute atomic E-state index is 3.85. The lowest BCUT2D eigenvalue weighted by atomic mass is 9.70. The number of benzene rings is 6. The highest BCUT2D eigenvalue weighted by molar-refractivity contribution is 14.1. The summed E-state index contributed by atoms with van der Waals surface area (Å²) in [5, 5.41) is 3.85. The Morgan fingerprint density at radius 1 is 0.512 bits per heavy atom. The third kappa shape index (κ3) is 3.22. The fourth-order valence-corrected chi connectivity index (χ4v) is 9.19. The molecule has 6 aromatic carbocycles. The molecule has 1 nitrogen and oxygen atoms in total. The number of fused-ring (bicyclic) bond motifs is 13. The van der Waals surface area contributed by atoms with E-state index < -0.39 is 0 Å². The van der Waals surface area contributed by atoms with Crippen molar-refractivity contribution in [2.75, 3.05) is 5.32 Å². The molecule has 1 unspecified atom stereocenters. The third-order valence-electron chi connectivity index (χ3n) is 10.2. The zero-order valence-corrected chi connectivity index (χ0v) is 26.4. The number of hydrogen-bond acceptors (Lipinski definition) is 1. The summed E-state index contributed by atoms with van der Waals surface area (Å²) < 4.78 is 1.31. The summed E-state index contributed by atoms with van der Waals surface area (Å²) >= 11 is 2.52. The van der Waals surface area contributed by atoms with Crippen molar-refractivity contribution in [1.82, 2.24) is 0 Å². The van der Waals surface area contributed by atoms with Gasteiger partial charge in [-0.2, -0.15) is 0 Å². The first kappa shape index (κ1) is 25.4. The minimum absolute atomic E-state index is 0.000890. The van der Waals surface area contributed by atoms with Gasteiger partial charge < -0.3 is 5.32 Å². The lowest BCUT2D eigenvalue weighted by Gasteiger charge is -2.30. The summed E-state index contributed by atoms with van der Waals surface area (Å²) in [6.07, 6.45) is 0. The first-order valence-corrected chi connectivity index (χ1v) is 16.2. The van der Waals surface area contributed by atoms with Crippen LogP contribution in [0.5, 0.6) is 0 Å². The van der Waals surface area contributed by atoms with Gasteiger partial charge in [0.2, 0.25) is 0 Å². The number of nitrogens with one attached hydrogen (secondary N) is 1. The number of halogens is 1.